The molecule has 0 saturated carbocycles. The fourth-order valence-electron chi connectivity index (χ4n) is 3.91. The predicted octanol–water partition coefficient (Wildman–Crippen LogP) is 7.34. The number of hydrogen-bond acceptors (Lipinski definition) is 3. The van der Waals surface area contributed by atoms with E-state index in [1.165, 1.54) is 0 Å². The van der Waals surface area contributed by atoms with Gasteiger partial charge in [0.2, 0.25) is 0 Å². The van der Waals surface area contributed by atoms with Crippen LogP contribution in [0.4, 0.5) is 11.4 Å². The second-order valence-corrected chi connectivity index (χ2v) is 8.53. The molecule has 1 aliphatic heterocycles. The van der Waals surface area contributed by atoms with E-state index in [-0.39, 0.29) is 12.1 Å². The molecule has 0 saturated heterocycles. The molecule has 0 bridgehead atoms. The van der Waals surface area contributed by atoms with Gasteiger partial charge in [0.1, 0.15) is 18.5 Å². The number of para-hydroxylation sites is 2. The molecule has 1 heterocycles. The second-order valence-electron chi connectivity index (χ2n) is 7.71. The molecule has 4 nitrogen and oxygen atoms in total. The summed E-state index contributed by atoms with van der Waals surface area (Å²) in [4.78, 5) is 15.3. The van der Waals surface area contributed by atoms with Crippen LogP contribution in [-0.4, -0.2) is 5.91 Å². The molecule has 1 atom stereocenters. The van der Waals surface area contributed by atoms with E-state index < -0.39 is 0 Å². The fourth-order valence-corrected chi connectivity index (χ4v) is 4.23. The molecule has 0 aliphatic carbocycles. The van der Waals surface area contributed by atoms with Crippen LogP contribution in [0.3, 0.4) is 0 Å². The SMILES string of the molecule is O=C1c2ccccc2NC(c2cccc(OCc3ccc(Cl)c(Cl)c3)c2)N1c1ccccc1. The van der Waals surface area contributed by atoms with E-state index in [1.54, 1.807) is 17.0 Å². The summed E-state index contributed by atoms with van der Waals surface area (Å²) < 4.78 is 6.02. The van der Waals surface area contributed by atoms with Gasteiger partial charge in [-0.2, -0.15) is 0 Å². The van der Waals surface area contributed by atoms with Crippen molar-refractivity contribution in [3.63, 3.8) is 0 Å². The number of halogens is 2. The Labute approximate surface area is 202 Å². The van der Waals surface area contributed by atoms with Gasteiger partial charge in [0, 0.05) is 11.4 Å². The molecule has 1 N–H and O–H groups in total. The van der Waals surface area contributed by atoms with Gasteiger partial charge in [-0.3, -0.25) is 9.69 Å². The van der Waals surface area contributed by atoms with Crippen LogP contribution in [0.25, 0.3) is 0 Å². The molecule has 0 fully saturated rings. The average molecular weight is 475 g/mol. The lowest BCUT2D eigenvalue weighted by Gasteiger charge is -2.38. The van der Waals surface area contributed by atoms with Gasteiger partial charge in [-0.15, -0.1) is 0 Å². The third-order valence-electron chi connectivity index (χ3n) is 5.52. The Kier molecular flexibility index (Phi) is 5.95. The molecule has 0 radical (unpaired) electrons. The molecule has 1 unspecified atom stereocenters. The highest BCUT2D eigenvalue weighted by molar-refractivity contribution is 6.42. The molecule has 4 aromatic carbocycles. The number of amides is 1. The van der Waals surface area contributed by atoms with Crippen molar-refractivity contribution in [2.24, 2.45) is 0 Å². The van der Waals surface area contributed by atoms with E-state index >= 15 is 0 Å². The first kappa shape index (κ1) is 21.4. The quantitative estimate of drug-likeness (QED) is 0.328. The number of benzene rings is 4. The van der Waals surface area contributed by atoms with Crippen LogP contribution in [-0.2, 0) is 6.61 Å². The normalized spacial score (nSPS) is 15.0. The van der Waals surface area contributed by atoms with Crippen LogP contribution < -0.4 is 15.0 Å². The first-order valence-electron chi connectivity index (χ1n) is 10.5. The van der Waals surface area contributed by atoms with Crippen LogP contribution in [0, 0.1) is 0 Å². The maximum atomic E-state index is 13.5. The number of carbonyl (C=O) groups excluding carboxylic acids is 1. The van der Waals surface area contributed by atoms with E-state index in [0.29, 0.717) is 28.0 Å². The molecular weight excluding hydrogens is 455 g/mol. The topological polar surface area (TPSA) is 41.6 Å². The van der Waals surface area contributed by atoms with Crippen molar-refractivity contribution in [2.45, 2.75) is 12.8 Å². The monoisotopic (exact) mass is 474 g/mol. The Hall–Kier alpha value is -3.47. The lowest BCUT2D eigenvalue weighted by Crippen LogP contribution is -2.43. The van der Waals surface area contributed by atoms with E-state index in [4.69, 9.17) is 27.9 Å². The molecule has 1 amide bonds. The first-order valence-corrected chi connectivity index (χ1v) is 11.3. The third-order valence-corrected chi connectivity index (χ3v) is 6.26. The zero-order valence-corrected chi connectivity index (χ0v) is 19.1. The molecule has 0 aromatic heterocycles. The summed E-state index contributed by atoms with van der Waals surface area (Å²) in [5.74, 6) is 0.641. The number of ether oxygens (including phenoxy) is 1. The minimum absolute atomic E-state index is 0.0531. The predicted molar refractivity (Wildman–Crippen MR) is 133 cm³/mol. The van der Waals surface area contributed by atoms with Gasteiger partial charge in [0.15, 0.2) is 0 Å². The van der Waals surface area contributed by atoms with E-state index in [0.717, 1.165) is 22.5 Å². The number of nitrogens with zero attached hydrogens (tertiary/aromatic N) is 1. The molecule has 164 valence electrons. The number of anilines is 2. The molecule has 1 aliphatic rings. The third kappa shape index (κ3) is 4.40. The zero-order chi connectivity index (χ0) is 22.8. The van der Waals surface area contributed by atoms with Gasteiger partial charge in [-0.05, 0) is 59.7 Å². The van der Waals surface area contributed by atoms with Gasteiger partial charge in [0.05, 0.1) is 15.6 Å². The number of fused-ring (bicyclic) bond motifs is 1. The van der Waals surface area contributed by atoms with E-state index in [9.17, 15) is 4.79 Å². The summed E-state index contributed by atoms with van der Waals surface area (Å²) in [5.41, 5.74) is 4.09. The lowest BCUT2D eigenvalue weighted by atomic mass is 10.0. The Morgan fingerprint density at radius 3 is 2.42 bits per heavy atom. The Balaban J connectivity index is 1.46. The van der Waals surface area contributed by atoms with Gasteiger partial charge < -0.3 is 10.1 Å². The van der Waals surface area contributed by atoms with Gasteiger partial charge in [0.25, 0.3) is 5.91 Å². The van der Waals surface area contributed by atoms with Crippen LogP contribution in [0.15, 0.2) is 97.1 Å². The zero-order valence-electron chi connectivity index (χ0n) is 17.5. The highest BCUT2D eigenvalue weighted by Crippen LogP contribution is 2.37. The molecule has 0 spiro atoms. The van der Waals surface area contributed by atoms with Crippen molar-refractivity contribution >= 4 is 40.5 Å². The summed E-state index contributed by atoms with van der Waals surface area (Å²) in [7, 11) is 0. The van der Waals surface area contributed by atoms with Crippen molar-refractivity contribution in [1.29, 1.82) is 0 Å². The molecule has 33 heavy (non-hydrogen) atoms. The van der Waals surface area contributed by atoms with Crippen molar-refractivity contribution < 1.29 is 9.53 Å². The van der Waals surface area contributed by atoms with E-state index in [1.807, 2.05) is 84.9 Å². The van der Waals surface area contributed by atoms with Gasteiger partial charge in [-0.1, -0.05) is 71.7 Å². The Morgan fingerprint density at radius 2 is 1.61 bits per heavy atom. The largest absolute Gasteiger partial charge is 0.489 e. The van der Waals surface area contributed by atoms with Crippen LogP contribution in [0.1, 0.15) is 27.7 Å². The smallest absolute Gasteiger partial charge is 0.262 e. The Bertz CT molecular complexity index is 1310. The number of rotatable bonds is 5. The summed E-state index contributed by atoms with van der Waals surface area (Å²) in [6.07, 6.45) is -0.386. The first-order chi connectivity index (χ1) is 16.1. The van der Waals surface area contributed by atoms with Crippen molar-refractivity contribution in [3.05, 3.63) is 124 Å². The average Bonchev–Trinajstić information content (AvgIpc) is 2.85. The molecule has 4 aromatic rings. The summed E-state index contributed by atoms with van der Waals surface area (Å²) in [5, 5.41) is 4.53. The van der Waals surface area contributed by atoms with Crippen LogP contribution in [0.5, 0.6) is 5.75 Å². The highest BCUT2D eigenvalue weighted by atomic mass is 35.5. The summed E-state index contributed by atoms with van der Waals surface area (Å²) >= 11 is 12.1. The van der Waals surface area contributed by atoms with Crippen molar-refractivity contribution in [1.82, 2.24) is 0 Å². The maximum Gasteiger partial charge on any atom is 0.262 e. The minimum atomic E-state index is -0.386. The number of nitrogens with one attached hydrogen (secondary N) is 1. The Morgan fingerprint density at radius 1 is 0.818 bits per heavy atom. The minimum Gasteiger partial charge on any atom is -0.489 e. The molecule has 6 heteroatoms. The molecular formula is C27H20Cl2N2O2. The summed E-state index contributed by atoms with van der Waals surface area (Å²) in [6, 6.07) is 30.4. The standard InChI is InChI=1S/C27H20Cl2N2O2/c28-23-14-13-18(15-24(23)29)17-33-21-10-6-7-19(16-21)26-30-25-12-5-4-11-22(25)27(32)31(26)20-8-2-1-3-9-20/h1-16,26,30H,17H2. The fraction of sp³-hybridized carbons (Fsp3) is 0.0741. The van der Waals surface area contributed by atoms with Crippen molar-refractivity contribution in [2.75, 3.05) is 10.2 Å². The highest BCUT2D eigenvalue weighted by Gasteiger charge is 2.34. The number of hydrogen-bond donors (Lipinski definition) is 1. The number of carbonyl (C=O) groups is 1. The molecule has 5 rings (SSSR count). The van der Waals surface area contributed by atoms with E-state index in [2.05, 4.69) is 5.32 Å². The van der Waals surface area contributed by atoms with Crippen LogP contribution >= 0.6 is 23.2 Å². The van der Waals surface area contributed by atoms with Crippen LogP contribution in [0.2, 0.25) is 10.0 Å². The second kappa shape index (κ2) is 9.18. The van der Waals surface area contributed by atoms with Crippen molar-refractivity contribution in [3.8, 4) is 5.75 Å². The maximum absolute atomic E-state index is 13.5. The van der Waals surface area contributed by atoms with Gasteiger partial charge in [-0.25, -0.2) is 0 Å². The summed E-state index contributed by atoms with van der Waals surface area (Å²) in [6.45, 7) is 0.350. The van der Waals surface area contributed by atoms with Gasteiger partial charge >= 0.3 is 0 Å². The lowest BCUT2D eigenvalue weighted by molar-refractivity contribution is 0.0975.